The lowest BCUT2D eigenvalue weighted by atomic mass is 10.1. The van der Waals surface area contributed by atoms with Crippen LogP contribution in [-0.4, -0.2) is 23.3 Å². The zero-order chi connectivity index (χ0) is 12.3. The molecular formula is C12H14N4O. The number of methoxy groups -OCH3 is 1. The summed E-state index contributed by atoms with van der Waals surface area (Å²) in [7, 11) is 1.46. The number of H-pyrrole nitrogens is 1. The van der Waals surface area contributed by atoms with Crippen LogP contribution in [0.3, 0.4) is 0 Å². The molecule has 88 valence electrons. The first-order valence-electron chi connectivity index (χ1n) is 5.19. The first-order valence-corrected chi connectivity index (χ1v) is 5.19. The van der Waals surface area contributed by atoms with Crippen molar-refractivity contribution in [2.24, 2.45) is 10.7 Å². The van der Waals surface area contributed by atoms with Crippen molar-refractivity contribution in [1.29, 1.82) is 0 Å². The topological polar surface area (TPSA) is 76.3 Å². The average Bonchev–Trinajstić information content (AvgIpc) is 2.78. The van der Waals surface area contributed by atoms with Gasteiger partial charge in [-0.05, 0) is 12.5 Å². The number of hydrogen-bond donors (Lipinski definition) is 2. The Morgan fingerprint density at radius 1 is 1.35 bits per heavy atom. The molecule has 0 atom stereocenters. The van der Waals surface area contributed by atoms with Crippen LogP contribution in [-0.2, 0) is 4.74 Å². The van der Waals surface area contributed by atoms with Gasteiger partial charge in [0.25, 0.3) is 6.02 Å². The summed E-state index contributed by atoms with van der Waals surface area (Å²) in [6, 6.07) is 10.0. The van der Waals surface area contributed by atoms with Crippen molar-refractivity contribution in [2.75, 3.05) is 7.11 Å². The summed E-state index contributed by atoms with van der Waals surface area (Å²) >= 11 is 0. The van der Waals surface area contributed by atoms with Crippen molar-refractivity contribution in [2.45, 2.75) is 6.92 Å². The van der Waals surface area contributed by atoms with Crippen LogP contribution in [0, 0.1) is 6.92 Å². The van der Waals surface area contributed by atoms with E-state index in [0.717, 1.165) is 11.3 Å². The Balaban J connectivity index is 2.27. The van der Waals surface area contributed by atoms with Gasteiger partial charge in [0.05, 0.1) is 12.8 Å². The average molecular weight is 230 g/mol. The molecule has 0 fully saturated rings. The number of aryl methyl sites for hydroxylation is 1. The maximum Gasteiger partial charge on any atom is 0.288 e. The number of nitrogens with one attached hydrogen (secondary N) is 1. The molecule has 5 nitrogen and oxygen atoms in total. The number of ether oxygens (including phenoxy) is 1. The van der Waals surface area contributed by atoms with Crippen LogP contribution in [0.25, 0.3) is 11.3 Å². The van der Waals surface area contributed by atoms with Gasteiger partial charge in [-0.15, -0.1) is 0 Å². The molecule has 3 N–H and O–H groups in total. The molecule has 0 aliphatic heterocycles. The fourth-order valence-electron chi connectivity index (χ4n) is 1.41. The van der Waals surface area contributed by atoms with Crippen molar-refractivity contribution in [3.63, 3.8) is 0 Å². The molecule has 0 aliphatic rings. The van der Waals surface area contributed by atoms with E-state index in [1.165, 1.54) is 12.7 Å². The second kappa shape index (κ2) is 4.69. The van der Waals surface area contributed by atoms with Crippen molar-refractivity contribution >= 4 is 11.8 Å². The van der Waals surface area contributed by atoms with E-state index in [0.29, 0.717) is 5.82 Å². The van der Waals surface area contributed by atoms with Gasteiger partial charge < -0.3 is 10.5 Å². The zero-order valence-electron chi connectivity index (χ0n) is 9.77. The number of aromatic nitrogens is 2. The Morgan fingerprint density at radius 2 is 2.06 bits per heavy atom. The highest BCUT2D eigenvalue weighted by Gasteiger charge is 2.03. The molecule has 1 heterocycles. The van der Waals surface area contributed by atoms with Gasteiger partial charge in [0, 0.05) is 6.07 Å². The summed E-state index contributed by atoms with van der Waals surface area (Å²) in [6.07, 6.45) is 0. The van der Waals surface area contributed by atoms with Crippen LogP contribution in [0.4, 0.5) is 5.82 Å². The van der Waals surface area contributed by atoms with E-state index in [1.54, 1.807) is 0 Å². The second-order valence-corrected chi connectivity index (χ2v) is 3.66. The lowest BCUT2D eigenvalue weighted by Gasteiger charge is -1.96. The summed E-state index contributed by atoms with van der Waals surface area (Å²) in [6.45, 7) is 2.05. The third-order valence-electron chi connectivity index (χ3n) is 2.36. The Bertz CT molecular complexity index is 528. The SMILES string of the molecule is COC(N)=Nc1cc(-c2ccc(C)cc2)[nH]n1. The lowest BCUT2D eigenvalue weighted by Crippen LogP contribution is -2.12. The molecule has 1 aromatic carbocycles. The lowest BCUT2D eigenvalue weighted by molar-refractivity contribution is 0.397. The maximum atomic E-state index is 5.45. The van der Waals surface area contributed by atoms with E-state index in [9.17, 15) is 0 Å². The Kier molecular flexibility index (Phi) is 3.09. The highest BCUT2D eigenvalue weighted by Crippen LogP contribution is 2.21. The van der Waals surface area contributed by atoms with E-state index < -0.39 is 0 Å². The molecule has 1 aromatic heterocycles. The van der Waals surface area contributed by atoms with E-state index in [2.05, 4.69) is 15.2 Å². The fourth-order valence-corrected chi connectivity index (χ4v) is 1.41. The molecule has 0 spiro atoms. The first-order chi connectivity index (χ1) is 8.19. The highest BCUT2D eigenvalue weighted by atomic mass is 16.5. The third-order valence-corrected chi connectivity index (χ3v) is 2.36. The Morgan fingerprint density at radius 3 is 2.71 bits per heavy atom. The van der Waals surface area contributed by atoms with Crippen LogP contribution < -0.4 is 5.73 Å². The number of amidine groups is 1. The van der Waals surface area contributed by atoms with Gasteiger partial charge in [0.15, 0.2) is 5.82 Å². The number of aliphatic imine (C=N–C) groups is 1. The smallest absolute Gasteiger partial charge is 0.288 e. The van der Waals surface area contributed by atoms with Gasteiger partial charge in [-0.1, -0.05) is 29.8 Å². The number of rotatable bonds is 2. The largest absolute Gasteiger partial charge is 0.468 e. The summed E-state index contributed by atoms with van der Waals surface area (Å²) in [5, 5.41) is 6.93. The number of aromatic amines is 1. The van der Waals surface area contributed by atoms with Crippen LogP contribution in [0.5, 0.6) is 0 Å². The minimum atomic E-state index is 0.0898. The summed E-state index contributed by atoms with van der Waals surface area (Å²) < 4.78 is 4.76. The van der Waals surface area contributed by atoms with E-state index >= 15 is 0 Å². The fraction of sp³-hybridized carbons (Fsp3) is 0.167. The third kappa shape index (κ3) is 2.63. The van der Waals surface area contributed by atoms with Crippen molar-refractivity contribution in [3.8, 4) is 11.3 Å². The quantitative estimate of drug-likeness (QED) is 0.611. The summed E-state index contributed by atoms with van der Waals surface area (Å²) in [5.41, 5.74) is 8.62. The molecule has 0 saturated carbocycles. The molecule has 0 saturated heterocycles. The van der Waals surface area contributed by atoms with Crippen molar-refractivity contribution in [1.82, 2.24) is 10.2 Å². The molecule has 5 heteroatoms. The molecule has 0 bridgehead atoms. The van der Waals surface area contributed by atoms with Crippen molar-refractivity contribution < 1.29 is 4.74 Å². The van der Waals surface area contributed by atoms with Gasteiger partial charge >= 0.3 is 0 Å². The monoisotopic (exact) mass is 230 g/mol. The molecule has 17 heavy (non-hydrogen) atoms. The van der Waals surface area contributed by atoms with E-state index in [-0.39, 0.29) is 6.02 Å². The van der Waals surface area contributed by atoms with Crippen LogP contribution in [0.1, 0.15) is 5.56 Å². The maximum absolute atomic E-state index is 5.45. The number of benzene rings is 1. The first kappa shape index (κ1) is 11.2. The molecule has 0 radical (unpaired) electrons. The minimum absolute atomic E-state index is 0.0898. The van der Waals surface area contributed by atoms with Crippen LogP contribution in [0.15, 0.2) is 35.3 Å². The predicted octanol–water partition coefficient (Wildman–Crippen LogP) is 1.98. The molecule has 0 amide bonds. The Labute approximate surface area is 99.3 Å². The summed E-state index contributed by atoms with van der Waals surface area (Å²) in [4.78, 5) is 3.97. The van der Waals surface area contributed by atoms with Gasteiger partial charge in [-0.2, -0.15) is 10.1 Å². The van der Waals surface area contributed by atoms with Crippen LogP contribution in [0.2, 0.25) is 0 Å². The molecular weight excluding hydrogens is 216 g/mol. The summed E-state index contributed by atoms with van der Waals surface area (Å²) in [5.74, 6) is 0.500. The minimum Gasteiger partial charge on any atom is -0.468 e. The van der Waals surface area contributed by atoms with Crippen LogP contribution >= 0.6 is 0 Å². The normalized spacial score (nSPS) is 11.5. The van der Waals surface area contributed by atoms with Gasteiger partial charge in [-0.3, -0.25) is 5.10 Å². The van der Waals surface area contributed by atoms with Gasteiger partial charge in [0.2, 0.25) is 0 Å². The standard InChI is InChI=1S/C12H14N4O/c1-8-3-5-9(6-4-8)10-7-11(16-15-10)14-12(13)17-2/h3-7H,1-2H3,(H3,13,14,15,16). The number of hydrogen-bond acceptors (Lipinski definition) is 3. The van der Waals surface area contributed by atoms with Gasteiger partial charge in [-0.25, -0.2) is 0 Å². The van der Waals surface area contributed by atoms with E-state index in [4.69, 9.17) is 10.5 Å². The highest BCUT2D eigenvalue weighted by molar-refractivity contribution is 5.75. The molecule has 0 unspecified atom stereocenters. The number of nitrogens with zero attached hydrogens (tertiary/aromatic N) is 2. The Hall–Kier alpha value is -2.30. The van der Waals surface area contributed by atoms with E-state index in [1.807, 2.05) is 37.3 Å². The second-order valence-electron chi connectivity index (χ2n) is 3.66. The predicted molar refractivity (Wildman–Crippen MR) is 67.1 cm³/mol. The molecule has 2 rings (SSSR count). The molecule has 2 aromatic rings. The number of nitrogens with two attached hydrogens (primary N) is 1. The zero-order valence-corrected chi connectivity index (χ0v) is 9.77. The molecule has 0 aliphatic carbocycles. The van der Waals surface area contributed by atoms with Gasteiger partial charge in [0.1, 0.15) is 0 Å². The van der Waals surface area contributed by atoms with Crippen molar-refractivity contribution in [3.05, 3.63) is 35.9 Å².